The first-order chi connectivity index (χ1) is 10.8. The summed E-state index contributed by atoms with van der Waals surface area (Å²) in [5, 5.41) is 2.51. The average molecular weight is 343 g/mol. The van der Waals surface area contributed by atoms with Crippen molar-refractivity contribution in [3.63, 3.8) is 0 Å². The monoisotopic (exact) mass is 343 g/mol. The molecule has 0 radical (unpaired) electrons. The number of aryl methyl sites for hydroxylation is 1. The van der Waals surface area contributed by atoms with E-state index in [4.69, 9.17) is 4.74 Å². The van der Waals surface area contributed by atoms with Gasteiger partial charge in [-0.1, -0.05) is 12.1 Å². The van der Waals surface area contributed by atoms with E-state index < -0.39 is 29.3 Å². The first kappa shape index (κ1) is 17.5. The van der Waals surface area contributed by atoms with Gasteiger partial charge in [-0.05, 0) is 31.2 Å². The van der Waals surface area contributed by atoms with Crippen molar-refractivity contribution in [2.45, 2.75) is 19.2 Å². The van der Waals surface area contributed by atoms with Crippen molar-refractivity contribution in [3.8, 4) is 0 Å². The van der Waals surface area contributed by atoms with E-state index in [1.54, 1.807) is 0 Å². The van der Waals surface area contributed by atoms with Gasteiger partial charge in [-0.2, -0.15) is 13.2 Å². The van der Waals surface area contributed by atoms with E-state index in [9.17, 15) is 18.0 Å². The van der Waals surface area contributed by atoms with Crippen molar-refractivity contribution < 1.29 is 22.7 Å². The highest BCUT2D eigenvalue weighted by Gasteiger charge is 2.34. The standard InChI is InChI=1S/C16H16F3NO2S/c1-10-7-8-14(23-10)13(22-2)9-20-15(21)11-5-3-4-6-12(11)16(17,18)19/h3-8,13H,9H2,1-2H3,(H,20,21)/t13-/m1/s1. The van der Waals surface area contributed by atoms with Crippen LogP contribution in [0.15, 0.2) is 36.4 Å². The molecule has 0 unspecified atom stereocenters. The number of amides is 1. The lowest BCUT2D eigenvalue weighted by atomic mass is 10.1. The van der Waals surface area contributed by atoms with E-state index in [1.807, 2.05) is 19.1 Å². The fourth-order valence-corrected chi connectivity index (χ4v) is 3.09. The molecule has 1 aromatic heterocycles. The zero-order valence-corrected chi connectivity index (χ0v) is 13.4. The number of hydrogen-bond acceptors (Lipinski definition) is 3. The Bertz CT molecular complexity index is 682. The molecule has 0 bridgehead atoms. The highest BCUT2D eigenvalue weighted by Crippen LogP contribution is 2.32. The van der Waals surface area contributed by atoms with Crippen LogP contribution in [0, 0.1) is 6.92 Å². The number of ether oxygens (including phenoxy) is 1. The normalized spacial score (nSPS) is 12.9. The van der Waals surface area contributed by atoms with E-state index in [2.05, 4.69) is 5.32 Å². The number of methoxy groups -OCH3 is 1. The minimum atomic E-state index is -4.57. The number of hydrogen-bond donors (Lipinski definition) is 1. The summed E-state index contributed by atoms with van der Waals surface area (Å²) in [6.07, 6.45) is -4.96. The number of carbonyl (C=O) groups excluding carboxylic acids is 1. The summed E-state index contributed by atoms with van der Waals surface area (Å²) in [5.41, 5.74) is -1.34. The molecule has 23 heavy (non-hydrogen) atoms. The summed E-state index contributed by atoms with van der Waals surface area (Å²) < 4.78 is 44.1. The predicted octanol–water partition coefficient (Wildman–Crippen LogP) is 4.19. The summed E-state index contributed by atoms with van der Waals surface area (Å²) in [5.74, 6) is -0.770. The fourth-order valence-electron chi connectivity index (χ4n) is 2.14. The molecule has 0 aliphatic heterocycles. The van der Waals surface area contributed by atoms with E-state index >= 15 is 0 Å². The molecule has 1 heterocycles. The van der Waals surface area contributed by atoms with Crippen molar-refractivity contribution in [1.82, 2.24) is 5.32 Å². The predicted molar refractivity (Wildman–Crippen MR) is 82.6 cm³/mol. The maximum atomic E-state index is 12.9. The molecule has 3 nitrogen and oxygen atoms in total. The van der Waals surface area contributed by atoms with Crippen LogP contribution in [-0.4, -0.2) is 19.6 Å². The van der Waals surface area contributed by atoms with Gasteiger partial charge in [0, 0.05) is 23.4 Å². The maximum absolute atomic E-state index is 12.9. The molecule has 0 fully saturated rings. The van der Waals surface area contributed by atoms with E-state index in [0.29, 0.717) is 0 Å². The molecular formula is C16H16F3NO2S. The number of rotatable bonds is 5. The highest BCUT2D eigenvalue weighted by atomic mass is 32.1. The average Bonchev–Trinajstić information content (AvgIpc) is 2.93. The lowest BCUT2D eigenvalue weighted by Gasteiger charge is -2.16. The highest BCUT2D eigenvalue weighted by molar-refractivity contribution is 7.12. The van der Waals surface area contributed by atoms with E-state index in [-0.39, 0.29) is 6.54 Å². The van der Waals surface area contributed by atoms with Crippen LogP contribution >= 0.6 is 11.3 Å². The number of carbonyl (C=O) groups is 1. The maximum Gasteiger partial charge on any atom is 0.417 e. The van der Waals surface area contributed by atoms with Gasteiger partial charge in [0.05, 0.1) is 11.1 Å². The van der Waals surface area contributed by atoms with Gasteiger partial charge in [0.15, 0.2) is 0 Å². The second kappa shape index (κ2) is 7.14. The van der Waals surface area contributed by atoms with Crippen LogP contribution in [0.25, 0.3) is 0 Å². The van der Waals surface area contributed by atoms with Gasteiger partial charge < -0.3 is 10.1 Å². The summed E-state index contributed by atoms with van der Waals surface area (Å²) in [7, 11) is 1.50. The second-order valence-electron chi connectivity index (χ2n) is 4.93. The number of thiophene rings is 1. The van der Waals surface area contributed by atoms with Crippen molar-refractivity contribution >= 4 is 17.2 Å². The molecule has 0 spiro atoms. The van der Waals surface area contributed by atoms with Crippen molar-refractivity contribution in [1.29, 1.82) is 0 Å². The Balaban J connectivity index is 2.11. The Labute approximate surface area is 136 Å². The zero-order chi connectivity index (χ0) is 17.0. The topological polar surface area (TPSA) is 38.3 Å². The Morgan fingerprint density at radius 1 is 1.26 bits per heavy atom. The van der Waals surface area contributed by atoms with Crippen molar-refractivity contribution in [2.75, 3.05) is 13.7 Å². The van der Waals surface area contributed by atoms with E-state index in [0.717, 1.165) is 21.9 Å². The smallest absolute Gasteiger partial charge is 0.374 e. The molecule has 124 valence electrons. The Hall–Kier alpha value is -1.86. The van der Waals surface area contributed by atoms with Crippen molar-refractivity contribution in [2.24, 2.45) is 0 Å². The Morgan fingerprint density at radius 3 is 2.52 bits per heavy atom. The number of nitrogens with one attached hydrogen (secondary N) is 1. The van der Waals surface area contributed by atoms with Crippen LogP contribution in [0.5, 0.6) is 0 Å². The summed E-state index contributed by atoms with van der Waals surface area (Å²) in [4.78, 5) is 14.1. The molecule has 0 saturated carbocycles. The lowest BCUT2D eigenvalue weighted by molar-refractivity contribution is -0.137. The molecule has 1 atom stereocenters. The van der Waals surface area contributed by atoms with Gasteiger partial charge in [-0.3, -0.25) is 4.79 Å². The number of benzene rings is 1. The van der Waals surface area contributed by atoms with Crippen LogP contribution in [0.4, 0.5) is 13.2 Å². The van der Waals surface area contributed by atoms with Crippen LogP contribution in [0.3, 0.4) is 0 Å². The Kier molecular flexibility index (Phi) is 5.43. The fraction of sp³-hybridized carbons (Fsp3) is 0.312. The van der Waals surface area contributed by atoms with Gasteiger partial charge in [0.2, 0.25) is 0 Å². The number of alkyl halides is 3. The SMILES string of the molecule is CO[C@H](CNC(=O)c1ccccc1C(F)(F)F)c1ccc(C)s1. The molecular weight excluding hydrogens is 327 g/mol. The van der Waals surface area contributed by atoms with Crippen LogP contribution in [-0.2, 0) is 10.9 Å². The van der Waals surface area contributed by atoms with Gasteiger partial charge in [-0.15, -0.1) is 11.3 Å². The molecule has 1 amide bonds. The quantitative estimate of drug-likeness (QED) is 0.884. The van der Waals surface area contributed by atoms with Gasteiger partial charge >= 0.3 is 6.18 Å². The molecule has 2 aromatic rings. The lowest BCUT2D eigenvalue weighted by Crippen LogP contribution is -2.30. The third kappa shape index (κ3) is 4.33. The molecule has 1 N–H and O–H groups in total. The second-order valence-corrected chi connectivity index (χ2v) is 6.25. The summed E-state index contributed by atoms with van der Waals surface area (Å²) >= 11 is 1.52. The molecule has 7 heteroatoms. The van der Waals surface area contributed by atoms with Gasteiger partial charge in [-0.25, -0.2) is 0 Å². The van der Waals surface area contributed by atoms with Crippen LogP contribution in [0.1, 0.15) is 31.8 Å². The molecule has 1 aromatic carbocycles. The molecule has 0 saturated heterocycles. The minimum Gasteiger partial charge on any atom is -0.374 e. The molecule has 0 aliphatic carbocycles. The zero-order valence-electron chi connectivity index (χ0n) is 12.6. The van der Waals surface area contributed by atoms with Crippen LogP contribution in [0.2, 0.25) is 0 Å². The van der Waals surface area contributed by atoms with E-state index in [1.165, 1.54) is 30.6 Å². The molecule has 0 aliphatic rings. The largest absolute Gasteiger partial charge is 0.417 e. The molecule has 2 rings (SSSR count). The van der Waals surface area contributed by atoms with Crippen LogP contribution < -0.4 is 5.32 Å². The Morgan fingerprint density at radius 2 is 1.96 bits per heavy atom. The third-order valence-corrected chi connectivity index (χ3v) is 4.38. The van der Waals surface area contributed by atoms with Gasteiger partial charge in [0.1, 0.15) is 6.10 Å². The third-order valence-electron chi connectivity index (χ3n) is 3.29. The summed E-state index contributed by atoms with van der Waals surface area (Å²) in [6, 6.07) is 8.52. The first-order valence-corrected chi connectivity index (χ1v) is 7.68. The van der Waals surface area contributed by atoms with Gasteiger partial charge in [0.25, 0.3) is 5.91 Å². The van der Waals surface area contributed by atoms with Crippen molar-refractivity contribution in [3.05, 3.63) is 57.3 Å². The first-order valence-electron chi connectivity index (χ1n) is 6.86. The number of halogens is 3. The minimum absolute atomic E-state index is 0.0987. The summed E-state index contributed by atoms with van der Waals surface area (Å²) in [6.45, 7) is 2.04.